The molecule has 1 unspecified atom stereocenters. The maximum atomic E-state index is 12.8. The van der Waals surface area contributed by atoms with Crippen molar-refractivity contribution in [3.05, 3.63) is 64.7 Å². The molecule has 0 aromatic heterocycles. The monoisotopic (exact) mass is 525 g/mol. The molecule has 198 valence electrons. The first kappa shape index (κ1) is 28.3. The molecule has 2 heterocycles. The number of carbonyl (C=O) groups excluding carboxylic acids is 1. The number of amides is 1. The number of hydrogen-bond donors (Lipinski definition) is 1. The molecule has 2 aromatic carbocycles. The summed E-state index contributed by atoms with van der Waals surface area (Å²) in [5.41, 5.74) is 3.41. The summed E-state index contributed by atoms with van der Waals surface area (Å²) in [5, 5.41) is 9.77. The molecule has 1 fully saturated rings. The van der Waals surface area contributed by atoms with Crippen molar-refractivity contribution in [3.8, 4) is 0 Å². The molecule has 0 bridgehead atoms. The smallest absolute Gasteiger partial charge is 0.389 e. The fraction of sp³-hybridized carbons (Fsp3) is 0.519. The van der Waals surface area contributed by atoms with Crippen LogP contribution in [0.25, 0.3) is 0 Å². The third-order valence-corrected chi connectivity index (χ3v) is 7.08. The molecule has 36 heavy (non-hydrogen) atoms. The Morgan fingerprint density at radius 3 is 2.25 bits per heavy atom. The predicted octanol–water partition coefficient (Wildman–Crippen LogP) is 5.41. The number of anilines is 1. The van der Waals surface area contributed by atoms with E-state index in [2.05, 4.69) is 9.80 Å². The molecule has 1 N–H and O–H groups in total. The second-order valence-corrected chi connectivity index (χ2v) is 9.64. The summed E-state index contributed by atoms with van der Waals surface area (Å²) in [6.07, 6.45) is -1.35. The van der Waals surface area contributed by atoms with Gasteiger partial charge in [0, 0.05) is 51.4 Å². The zero-order valence-electron chi connectivity index (χ0n) is 20.6. The van der Waals surface area contributed by atoms with Crippen molar-refractivity contribution in [3.63, 3.8) is 0 Å². The van der Waals surface area contributed by atoms with E-state index in [1.54, 1.807) is 19.1 Å². The highest BCUT2D eigenvalue weighted by atomic mass is 35.5. The molecule has 2 aliphatic rings. The van der Waals surface area contributed by atoms with Crippen LogP contribution in [-0.4, -0.2) is 53.5 Å². The van der Waals surface area contributed by atoms with Gasteiger partial charge in [0.15, 0.2) is 0 Å². The summed E-state index contributed by atoms with van der Waals surface area (Å²) in [5.74, 6) is 0.185. The van der Waals surface area contributed by atoms with Gasteiger partial charge < -0.3 is 14.9 Å². The van der Waals surface area contributed by atoms with Gasteiger partial charge in [-0.1, -0.05) is 24.6 Å². The molecular formula is C27H35ClF3N3O2. The second kappa shape index (κ2) is 12.3. The molecule has 5 nitrogen and oxygen atoms in total. The molecule has 1 atom stereocenters. The Hall–Kier alpha value is -2.29. The van der Waals surface area contributed by atoms with Crippen molar-refractivity contribution in [2.24, 2.45) is 0 Å². The summed E-state index contributed by atoms with van der Waals surface area (Å²) in [6.45, 7) is 7.38. The van der Waals surface area contributed by atoms with Crippen molar-refractivity contribution in [1.82, 2.24) is 9.80 Å². The number of benzene rings is 2. The Balaban J connectivity index is 0.00000361. The van der Waals surface area contributed by atoms with Crippen LogP contribution >= 0.6 is 12.4 Å². The van der Waals surface area contributed by atoms with Crippen LogP contribution in [0.3, 0.4) is 0 Å². The maximum Gasteiger partial charge on any atom is 0.416 e. The average molecular weight is 526 g/mol. The average Bonchev–Trinajstić information content (AvgIpc) is 3.27. The number of alkyl halides is 3. The minimum atomic E-state index is -4.30. The number of nitrogens with zero attached hydrogens (tertiary/aromatic N) is 3. The molecule has 9 heteroatoms. The Morgan fingerprint density at radius 1 is 0.944 bits per heavy atom. The van der Waals surface area contributed by atoms with E-state index in [9.17, 15) is 23.1 Å². The van der Waals surface area contributed by atoms with Gasteiger partial charge in [0.05, 0.1) is 11.7 Å². The van der Waals surface area contributed by atoms with Crippen molar-refractivity contribution in [2.75, 3.05) is 37.6 Å². The minimum Gasteiger partial charge on any atom is -0.389 e. The largest absolute Gasteiger partial charge is 0.416 e. The molecule has 1 amide bonds. The third-order valence-electron chi connectivity index (χ3n) is 7.08. The van der Waals surface area contributed by atoms with Crippen molar-refractivity contribution < 1.29 is 23.1 Å². The highest BCUT2D eigenvalue weighted by Gasteiger charge is 2.30. The molecule has 0 aliphatic carbocycles. The lowest BCUT2D eigenvalue weighted by atomic mass is 10.0. The zero-order valence-corrected chi connectivity index (χ0v) is 21.5. The first-order chi connectivity index (χ1) is 16.7. The van der Waals surface area contributed by atoms with Crippen LogP contribution < -0.4 is 4.90 Å². The number of rotatable bonds is 8. The van der Waals surface area contributed by atoms with Crippen LogP contribution in [0.5, 0.6) is 0 Å². The SMILES string of the molecule is CC(O)c1ccc2c(c1)CN(C(=O)CCCCCN1CCN(c3ccc(C(F)(F)F)cc3)CC1)C2.Cl. The summed E-state index contributed by atoms with van der Waals surface area (Å²) in [4.78, 5) is 19.1. The van der Waals surface area contributed by atoms with E-state index >= 15 is 0 Å². The number of aliphatic hydroxyl groups is 1. The van der Waals surface area contributed by atoms with Crippen LogP contribution in [0.15, 0.2) is 42.5 Å². The second-order valence-electron chi connectivity index (χ2n) is 9.64. The van der Waals surface area contributed by atoms with E-state index in [0.29, 0.717) is 19.5 Å². The highest BCUT2D eigenvalue weighted by molar-refractivity contribution is 5.85. The molecule has 0 radical (unpaired) electrons. The van der Waals surface area contributed by atoms with Crippen LogP contribution in [0.4, 0.5) is 18.9 Å². The van der Waals surface area contributed by atoms with Crippen molar-refractivity contribution in [1.29, 1.82) is 0 Å². The number of aliphatic hydroxyl groups excluding tert-OH is 1. The standard InChI is InChI=1S/C27H34F3N3O2.ClH/c1-20(34)21-6-7-22-18-33(19-23(22)17-21)26(35)5-3-2-4-12-31-13-15-32(16-14-31)25-10-8-24(9-11-25)27(28,29)30;/h6-11,17,20,34H,2-5,12-16,18-19H2,1H3;1H. The lowest BCUT2D eigenvalue weighted by Gasteiger charge is -2.36. The fourth-order valence-electron chi connectivity index (χ4n) is 4.89. The van der Waals surface area contributed by atoms with Crippen LogP contribution in [0, 0.1) is 0 Å². The highest BCUT2D eigenvalue weighted by Crippen LogP contribution is 2.31. The van der Waals surface area contributed by atoms with E-state index in [0.717, 1.165) is 86.5 Å². The fourth-order valence-corrected chi connectivity index (χ4v) is 4.89. The quantitative estimate of drug-likeness (QED) is 0.468. The van der Waals surface area contributed by atoms with Crippen molar-refractivity contribution >= 4 is 24.0 Å². The van der Waals surface area contributed by atoms with E-state index in [1.165, 1.54) is 0 Å². The summed E-state index contributed by atoms with van der Waals surface area (Å²) >= 11 is 0. The van der Waals surface area contributed by atoms with Crippen LogP contribution in [0.1, 0.15) is 61.0 Å². The van der Waals surface area contributed by atoms with E-state index in [1.807, 2.05) is 23.1 Å². The van der Waals surface area contributed by atoms with Gasteiger partial charge in [-0.2, -0.15) is 13.2 Å². The molecule has 0 saturated carbocycles. The number of piperazine rings is 1. The van der Waals surface area contributed by atoms with E-state index in [-0.39, 0.29) is 18.3 Å². The van der Waals surface area contributed by atoms with Gasteiger partial charge >= 0.3 is 6.18 Å². The number of fused-ring (bicyclic) bond motifs is 1. The van der Waals surface area contributed by atoms with Gasteiger partial charge in [-0.15, -0.1) is 12.4 Å². The lowest BCUT2D eigenvalue weighted by Crippen LogP contribution is -2.46. The number of hydrogen-bond acceptors (Lipinski definition) is 4. The predicted molar refractivity (Wildman–Crippen MR) is 137 cm³/mol. The number of halogens is 4. The molecular weight excluding hydrogens is 491 g/mol. The summed E-state index contributed by atoms with van der Waals surface area (Å²) < 4.78 is 38.3. The van der Waals surface area contributed by atoms with Gasteiger partial charge in [-0.25, -0.2) is 0 Å². The Morgan fingerprint density at radius 2 is 1.61 bits per heavy atom. The number of carbonyl (C=O) groups is 1. The lowest BCUT2D eigenvalue weighted by molar-refractivity contribution is -0.137. The maximum absolute atomic E-state index is 12.8. The zero-order chi connectivity index (χ0) is 25.0. The third kappa shape index (κ3) is 7.14. The first-order valence-corrected chi connectivity index (χ1v) is 12.4. The molecule has 1 saturated heterocycles. The topological polar surface area (TPSA) is 47.0 Å². The number of unbranched alkanes of at least 4 members (excludes halogenated alkanes) is 2. The van der Waals surface area contributed by atoms with Crippen LogP contribution in [-0.2, 0) is 24.1 Å². The van der Waals surface area contributed by atoms with E-state index in [4.69, 9.17) is 0 Å². The molecule has 2 aliphatic heterocycles. The van der Waals surface area contributed by atoms with E-state index < -0.39 is 17.8 Å². The summed E-state index contributed by atoms with van der Waals surface area (Å²) in [7, 11) is 0. The van der Waals surface area contributed by atoms with Crippen molar-refractivity contribution in [2.45, 2.75) is 58.0 Å². The Labute approximate surface area is 217 Å². The van der Waals surface area contributed by atoms with Gasteiger partial charge in [-0.3, -0.25) is 9.69 Å². The van der Waals surface area contributed by atoms with Gasteiger partial charge in [0.2, 0.25) is 5.91 Å². The normalized spacial score (nSPS) is 17.0. The minimum absolute atomic E-state index is 0. The first-order valence-electron chi connectivity index (χ1n) is 12.4. The summed E-state index contributed by atoms with van der Waals surface area (Å²) in [6, 6.07) is 11.4. The van der Waals surface area contributed by atoms with Gasteiger partial charge in [0.1, 0.15) is 0 Å². The van der Waals surface area contributed by atoms with Crippen LogP contribution in [0.2, 0.25) is 0 Å². The molecule has 2 aromatic rings. The van der Waals surface area contributed by atoms with Gasteiger partial charge in [-0.05, 0) is 67.3 Å². The molecule has 0 spiro atoms. The van der Waals surface area contributed by atoms with Gasteiger partial charge in [0.25, 0.3) is 0 Å². The Kier molecular flexibility index (Phi) is 9.66. The Bertz CT molecular complexity index is 1010. The molecule has 4 rings (SSSR count).